The van der Waals surface area contributed by atoms with E-state index in [1.807, 2.05) is 31.2 Å². The van der Waals surface area contributed by atoms with E-state index in [0.29, 0.717) is 12.3 Å². The van der Waals surface area contributed by atoms with Crippen molar-refractivity contribution in [3.05, 3.63) is 35.4 Å². The van der Waals surface area contributed by atoms with Crippen molar-refractivity contribution in [2.75, 3.05) is 0 Å². The van der Waals surface area contributed by atoms with Gasteiger partial charge in [-0.15, -0.1) is 0 Å². The Kier molecular flexibility index (Phi) is 3.60. The normalized spacial score (nSPS) is 27.6. The Labute approximate surface area is 119 Å². The van der Waals surface area contributed by atoms with Gasteiger partial charge < -0.3 is 0 Å². The Morgan fingerprint density at radius 1 is 1.10 bits per heavy atom. The first-order chi connectivity index (χ1) is 9.66. The van der Waals surface area contributed by atoms with E-state index >= 15 is 0 Å². The molecule has 3 heteroatoms. The molecule has 1 saturated heterocycles. The highest BCUT2D eigenvalue weighted by Gasteiger charge is 2.42. The van der Waals surface area contributed by atoms with E-state index in [9.17, 15) is 9.59 Å². The number of carbonyl (C=O) groups excluding carboxylic acids is 2. The third-order valence-corrected chi connectivity index (χ3v) is 4.92. The summed E-state index contributed by atoms with van der Waals surface area (Å²) in [4.78, 5) is 24.2. The smallest absolute Gasteiger partial charge is 0.234 e. The third kappa shape index (κ3) is 2.37. The minimum Gasteiger partial charge on any atom is -0.296 e. The average Bonchev–Trinajstić information content (AvgIpc) is 2.93. The number of hydrogen-bond donors (Lipinski definition) is 1. The predicted molar refractivity (Wildman–Crippen MR) is 77.1 cm³/mol. The van der Waals surface area contributed by atoms with Crippen LogP contribution in [0.2, 0.25) is 0 Å². The molecule has 106 valence electrons. The van der Waals surface area contributed by atoms with Gasteiger partial charge in [0.15, 0.2) is 0 Å². The van der Waals surface area contributed by atoms with Gasteiger partial charge in [-0.05, 0) is 29.9 Å². The molecule has 2 atom stereocenters. The number of rotatable bonds is 2. The number of nitrogens with one attached hydrogen (secondary N) is 1. The summed E-state index contributed by atoms with van der Waals surface area (Å²) >= 11 is 0. The molecule has 1 saturated carbocycles. The number of hydrogen-bond acceptors (Lipinski definition) is 2. The van der Waals surface area contributed by atoms with Crippen molar-refractivity contribution < 1.29 is 9.59 Å². The van der Waals surface area contributed by atoms with Crippen LogP contribution >= 0.6 is 0 Å². The summed E-state index contributed by atoms with van der Waals surface area (Å²) in [5, 5.41) is 2.53. The van der Waals surface area contributed by atoms with Crippen molar-refractivity contribution >= 4 is 11.8 Å². The van der Waals surface area contributed by atoms with Gasteiger partial charge in [-0.1, -0.05) is 49.9 Å². The lowest BCUT2D eigenvalue weighted by Gasteiger charge is -2.35. The quantitative estimate of drug-likeness (QED) is 0.841. The van der Waals surface area contributed by atoms with Crippen LogP contribution in [0.25, 0.3) is 0 Å². The van der Waals surface area contributed by atoms with Gasteiger partial charge in [0.25, 0.3) is 0 Å². The molecule has 0 aromatic heterocycles. The molecule has 3 rings (SSSR count). The summed E-state index contributed by atoms with van der Waals surface area (Å²) in [5.74, 6) is 0.343. The summed E-state index contributed by atoms with van der Waals surface area (Å²) in [7, 11) is 0. The van der Waals surface area contributed by atoms with Gasteiger partial charge in [0.2, 0.25) is 11.8 Å². The minimum atomic E-state index is -0.156. The fourth-order valence-corrected chi connectivity index (χ4v) is 3.92. The highest BCUT2D eigenvalue weighted by molar-refractivity contribution is 6.01. The van der Waals surface area contributed by atoms with Crippen LogP contribution in [0.3, 0.4) is 0 Å². The van der Waals surface area contributed by atoms with Crippen LogP contribution < -0.4 is 5.32 Å². The molecule has 1 aliphatic heterocycles. The van der Waals surface area contributed by atoms with Crippen LogP contribution in [-0.4, -0.2) is 11.8 Å². The Morgan fingerprint density at radius 3 is 2.50 bits per heavy atom. The Bertz CT molecular complexity index is 532. The minimum absolute atomic E-state index is 0.100. The van der Waals surface area contributed by atoms with Gasteiger partial charge in [0.05, 0.1) is 5.92 Å². The van der Waals surface area contributed by atoms with Gasteiger partial charge in [-0.2, -0.15) is 0 Å². The van der Waals surface area contributed by atoms with Crippen LogP contribution in [0.4, 0.5) is 0 Å². The molecule has 0 radical (unpaired) electrons. The topological polar surface area (TPSA) is 46.2 Å². The second-order valence-electron chi connectivity index (χ2n) is 6.16. The highest BCUT2D eigenvalue weighted by Crippen LogP contribution is 2.43. The lowest BCUT2D eigenvalue weighted by Crippen LogP contribution is -2.46. The molecule has 0 bridgehead atoms. The first-order valence-corrected chi connectivity index (χ1v) is 7.56. The standard InChI is InChI=1S/C17H21NO2/c1-11-6-2-5-9-13(11)16-14(12-7-3-4-8-12)10-15(19)18-17(16)20/h2,5-6,9,12,14,16H,3-4,7-8,10H2,1H3,(H,18,19,20). The predicted octanol–water partition coefficient (Wildman–Crippen LogP) is 2.93. The van der Waals surface area contributed by atoms with Crippen LogP contribution in [0.15, 0.2) is 24.3 Å². The van der Waals surface area contributed by atoms with Gasteiger partial charge in [0.1, 0.15) is 0 Å². The lowest BCUT2D eigenvalue weighted by molar-refractivity contribution is -0.137. The SMILES string of the molecule is Cc1ccccc1C1C(=O)NC(=O)CC1C1CCCC1. The Morgan fingerprint density at radius 2 is 1.80 bits per heavy atom. The van der Waals surface area contributed by atoms with Crippen molar-refractivity contribution in [2.24, 2.45) is 11.8 Å². The van der Waals surface area contributed by atoms with Crippen LogP contribution in [0, 0.1) is 18.8 Å². The van der Waals surface area contributed by atoms with Crippen molar-refractivity contribution in [1.29, 1.82) is 0 Å². The maximum atomic E-state index is 12.4. The van der Waals surface area contributed by atoms with Crippen molar-refractivity contribution in [2.45, 2.75) is 44.9 Å². The molecule has 2 fully saturated rings. The molecule has 2 amide bonds. The van der Waals surface area contributed by atoms with E-state index in [1.54, 1.807) is 0 Å². The zero-order valence-electron chi connectivity index (χ0n) is 11.9. The molecule has 0 spiro atoms. The van der Waals surface area contributed by atoms with Crippen molar-refractivity contribution in [1.82, 2.24) is 5.32 Å². The van der Waals surface area contributed by atoms with E-state index in [-0.39, 0.29) is 23.7 Å². The van der Waals surface area contributed by atoms with E-state index < -0.39 is 0 Å². The summed E-state index contributed by atoms with van der Waals surface area (Å²) in [6.45, 7) is 2.05. The number of imide groups is 1. The summed E-state index contributed by atoms with van der Waals surface area (Å²) in [6.07, 6.45) is 5.28. The molecule has 1 aromatic rings. The molecule has 2 aliphatic rings. The largest absolute Gasteiger partial charge is 0.296 e. The van der Waals surface area contributed by atoms with Gasteiger partial charge in [-0.25, -0.2) is 0 Å². The summed E-state index contributed by atoms with van der Waals surface area (Å²) in [5.41, 5.74) is 2.24. The van der Waals surface area contributed by atoms with Gasteiger partial charge in [-0.3, -0.25) is 14.9 Å². The summed E-state index contributed by atoms with van der Waals surface area (Å²) in [6, 6.07) is 8.06. The zero-order valence-corrected chi connectivity index (χ0v) is 11.9. The van der Waals surface area contributed by atoms with Crippen LogP contribution in [0.5, 0.6) is 0 Å². The second-order valence-corrected chi connectivity index (χ2v) is 6.16. The van der Waals surface area contributed by atoms with E-state index in [2.05, 4.69) is 5.32 Å². The third-order valence-electron chi connectivity index (χ3n) is 4.92. The maximum Gasteiger partial charge on any atom is 0.234 e. The lowest BCUT2D eigenvalue weighted by atomic mass is 9.72. The van der Waals surface area contributed by atoms with Crippen LogP contribution in [0.1, 0.15) is 49.1 Å². The fraction of sp³-hybridized carbons (Fsp3) is 0.529. The molecule has 1 aromatic carbocycles. The molecule has 2 unspecified atom stereocenters. The van der Waals surface area contributed by atoms with Crippen LogP contribution in [-0.2, 0) is 9.59 Å². The summed E-state index contributed by atoms with van der Waals surface area (Å²) < 4.78 is 0. The average molecular weight is 271 g/mol. The molecule has 1 N–H and O–H groups in total. The Balaban J connectivity index is 1.97. The molecule has 3 nitrogen and oxygen atoms in total. The molecule has 1 heterocycles. The molecular weight excluding hydrogens is 250 g/mol. The molecule has 1 aliphatic carbocycles. The Hall–Kier alpha value is -1.64. The molecule has 20 heavy (non-hydrogen) atoms. The van der Waals surface area contributed by atoms with Crippen molar-refractivity contribution in [3.8, 4) is 0 Å². The van der Waals surface area contributed by atoms with Gasteiger partial charge >= 0.3 is 0 Å². The van der Waals surface area contributed by atoms with E-state index in [0.717, 1.165) is 24.0 Å². The van der Waals surface area contributed by atoms with Crippen molar-refractivity contribution in [3.63, 3.8) is 0 Å². The zero-order chi connectivity index (χ0) is 14.1. The van der Waals surface area contributed by atoms with E-state index in [1.165, 1.54) is 12.8 Å². The highest BCUT2D eigenvalue weighted by atomic mass is 16.2. The number of carbonyl (C=O) groups is 2. The van der Waals surface area contributed by atoms with E-state index in [4.69, 9.17) is 0 Å². The monoisotopic (exact) mass is 271 g/mol. The first-order valence-electron chi connectivity index (χ1n) is 7.56. The fourth-order valence-electron chi connectivity index (χ4n) is 3.92. The second kappa shape index (κ2) is 5.39. The number of aryl methyl sites for hydroxylation is 1. The number of benzene rings is 1. The van der Waals surface area contributed by atoms with Gasteiger partial charge in [0, 0.05) is 6.42 Å². The first kappa shape index (κ1) is 13.3. The molecular formula is C17H21NO2. The maximum absolute atomic E-state index is 12.4. The number of piperidine rings is 1. The number of amides is 2.